The number of β-amino-alcohol motifs (C(OH)–C–C–N with tert-alkyl or cyclic N) is 1. The monoisotopic (exact) mass is 306 g/mol. The molecule has 118 valence electrons. The molecule has 2 unspecified atom stereocenters. The van der Waals surface area contributed by atoms with Gasteiger partial charge >= 0.3 is 6.09 Å². The molecule has 1 N–H and O–H groups in total. The van der Waals surface area contributed by atoms with Gasteiger partial charge in [-0.3, -0.25) is 4.90 Å². The van der Waals surface area contributed by atoms with Gasteiger partial charge < -0.3 is 9.84 Å². The van der Waals surface area contributed by atoms with E-state index in [1.165, 1.54) is 17.0 Å². The number of ether oxygens (including phenoxy) is 1. The Hall–Kier alpha value is -2.13. The third-order valence-electron chi connectivity index (χ3n) is 3.34. The molecule has 1 aliphatic heterocycles. The van der Waals surface area contributed by atoms with Gasteiger partial charge in [-0.1, -0.05) is 0 Å². The molecule has 1 aromatic carbocycles. The Kier molecular flexibility index (Phi) is 4.38. The predicted octanol–water partition coefficient (Wildman–Crippen LogP) is 2.74. The second-order valence-corrected chi connectivity index (χ2v) is 6.42. The zero-order valence-corrected chi connectivity index (χ0v) is 12.8. The quantitative estimate of drug-likeness (QED) is 0.866. The summed E-state index contributed by atoms with van der Waals surface area (Å²) in [6, 6.07) is 5.32. The van der Waals surface area contributed by atoms with E-state index in [4.69, 9.17) is 10.00 Å². The number of hydrogen-bond acceptors (Lipinski definition) is 4. The molecule has 0 saturated carbocycles. The van der Waals surface area contributed by atoms with Crippen LogP contribution in [0.4, 0.5) is 9.18 Å². The molecule has 22 heavy (non-hydrogen) atoms. The predicted molar refractivity (Wildman–Crippen MR) is 77.4 cm³/mol. The second kappa shape index (κ2) is 5.93. The zero-order valence-electron chi connectivity index (χ0n) is 12.8. The van der Waals surface area contributed by atoms with Crippen molar-refractivity contribution in [1.29, 1.82) is 5.26 Å². The van der Waals surface area contributed by atoms with E-state index in [0.29, 0.717) is 5.56 Å². The first-order chi connectivity index (χ1) is 10.2. The van der Waals surface area contributed by atoms with E-state index in [9.17, 15) is 14.3 Å². The standard InChI is InChI=1S/C16H19FN2O3/c1-16(2,3)22-15(21)19-9-13(20)7-14(19)11-4-10(8-18)5-12(17)6-11/h4-6,13-14,20H,7,9H2,1-3H3. The molecule has 1 saturated heterocycles. The van der Waals surface area contributed by atoms with Crippen LogP contribution in [0.2, 0.25) is 0 Å². The Labute approximate surface area is 128 Å². The van der Waals surface area contributed by atoms with Crippen LogP contribution in [0.15, 0.2) is 18.2 Å². The summed E-state index contributed by atoms with van der Waals surface area (Å²) in [6.07, 6.45) is -0.976. The summed E-state index contributed by atoms with van der Waals surface area (Å²) in [4.78, 5) is 13.6. The molecule has 0 aliphatic carbocycles. The first kappa shape index (κ1) is 16.2. The molecule has 1 aromatic rings. The van der Waals surface area contributed by atoms with Gasteiger partial charge in [0.05, 0.1) is 30.3 Å². The minimum Gasteiger partial charge on any atom is -0.444 e. The number of amides is 1. The number of carbonyl (C=O) groups is 1. The molecule has 6 heteroatoms. The lowest BCUT2D eigenvalue weighted by atomic mass is 10.0. The van der Waals surface area contributed by atoms with Gasteiger partial charge in [0, 0.05) is 0 Å². The minimum absolute atomic E-state index is 0.123. The fourth-order valence-electron chi connectivity index (χ4n) is 2.52. The number of carbonyl (C=O) groups excluding carboxylic acids is 1. The highest BCUT2D eigenvalue weighted by Gasteiger charge is 2.37. The van der Waals surface area contributed by atoms with Crippen molar-refractivity contribution in [3.63, 3.8) is 0 Å². The number of benzene rings is 1. The van der Waals surface area contributed by atoms with Gasteiger partial charge in [0.15, 0.2) is 0 Å². The molecule has 0 bridgehead atoms. The Bertz CT molecular complexity index is 619. The largest absolute Gasteiger partial charge is 0.444 e. The molecule has 2 atom stereocenters. The number of likely N-dealkylation sites (tertiary alicyclic amines) is 1. The molecule has 0 radical (unpaired) electrons. The lowest BCUT2D eigenvalue weighted by Crippen LogP contribution is -2.37. The number of hydrogen-bond donors (Lipinski definition) is 1. The highest BCUT2D eigenvalue weighted by Crippen LogP contribution is 2.34. The summed E-state index contributed by atoms with van der Waals surface area (Å²) < 4.78 is 18.9. The number of rotatable bonds is 1. The number of halogens is 1. The van der Waals surface area contributed by atoms with Crippen LogP contribution in [0.1, 0.15) is 44.4 Å². The van der Waals surface area contributed by atoms with Gasteiger partial charge in [-0.25, -0.2) is 9.18 Å². The SMILES string of the molecule is CC(C)(C)OC(=O)N1CC(O)CC1c1cc(F)cc(C#N)c1. The Morgan fingerprint density at radius 1 is 1.45 bits per heavy atom. The van der Waals surface area contributed by atoms with Gasteiger partial charge in [0.1, 0.15) is 11.4 Å². The third kappa shape index (κ3) is 3.74. The zero-order chi connectivity index (χ0) is 16.5. The van der Waals surface area contributed by atoms with E-state index in [1.807, 2.05) is 6.07 Å². The van der Waals surface area contributed by atoms with Gasteiger partial charge in [0.25, 0.3) is 0 Å². The second-order valence-electron chi connectivity index (χ2n) is 6.42. The van der Waals surface area contributed by atoms with Crippen LogP contribution in [0.3, 0.4) is 0 Å². The lowest BCUT2D eigenvalue weighted by Gasteiger charge is -2.28. The van der Waals surface area contributed by atoms with Crippen LogP contribution < -0.4 is 0 Å². The Morgan fingerprint density at radius 2 is 2.14 bits per heavy atom. The van der Waals surface area contributed by atoms with Crippen molar-refractivity contribution in [2.45, 2.75) is 44.9 Å². The normalized spacial score (nSPS) is 21.5. The number of aliphatic hydroxyl groups excluding tert-OH is 1. The molecule has 1 heterocycles. The van der Waals surface area contributed by atoms with Crippen LogP contribution in [0.25, 0.3) is 0 Å². The first-order valence-corrected chi connectivity index (χ1v) is 7.08. The van der Waals surface area contributed by atoms with E-state index in [2.05, 4.69) is 0 Å². The van der Waals surface area contributed by atoms with Crippen LogP contribution in [-0.2, 0) is 4.74 Å². The molecule has 1 fully saturated rings. The Balaban J connectivity index is 2.30. The number of nitriles is 1. The Morgan fingerprint density at radius 3 is 2.73 bits per heavy atom. The highest BCUT2D eigenvalue weighted by molar-refractivity contribution is 5.69. The third-order valence-corrected chi connectivity index (χ3v) is 3.34. The van der Waals surface area contributed by atoms with Crippen molar-refractivity contribution < 1.29 is 19.0 Å². The van der Waals surface area contributed by atoms with Crippen molar-refractivity contribution in [1.82, 2.24) is 4.90 Å². The molecule has 0 aromatic heterocycles. The first-order valence-electron chi connectivity index (χ1n) is 7.08. The van der Waals surface area contributed by atoms with E-state index in [0.717, 1.165) is 6.07 Å². The molecule has 5 nitrogen and oxygen atoms in total. The maximum Gasteiger partial charge on any atom is 0.410 e. The highest BCUT2D eigenvalue weighted by atomic mass is 19.1. The molecular formula is C16H19FN2O3. The fourth-order valence-corrected chi connectivity index (χ4v) is 2.52. The summed E-state index contributed by atoms with van der Waals surface area (Å²) in [6.45, 7) is 5.38. The van der Waals surface area contributed by atoms with Gasteiger partial charge in [-0.05, 0) is 51.0 Å². The smallest absolute Gasteiger partial charge is 0.410 e. The fraction of sp³-hybridized carbons (Fsp3) is 0.500. The van der Waals surface area contributed by atoms with Crippen molar-refractivity contribution in [3.8, 4) is 6.07 Å². The van der Waals surface area contributed by atoms with Crippen LogP contribution in [0.5, 0.6) is 0 Å². The van der Waals surface area contributed by atoms with Crippen LogP contribution in [0, 0.1) is 17.1 Å². The summed E-state index contributed by atoms with van der Waals surface area (Å²) >= 11 is 0. The summed E-state index contributed by atoms with van der Waals surface area (Å²) in [5.74, 6) is -0.542. The van der Waals surface area contributed by atoms with Crippen molar-refractivity contribution in [3.05, 3.63) is 35.1 Å². The molecule has 1 aliphatic rings. The topological polar surface area (TPSA) is 73.6 Å². The molecule has 1 amide bonds. The van der Waals surface area contributed by atoms with Crippen LogP contribution in [-0.4, -0.2) is 34.3 Å². The minimum atomic E-state index is -0.702. The van der Waals surface area contributed by atoms with E-state index < -0.39 is 29.7 Å². The average Bonchev–Trinajstić information content (AvgIpc) is 2.78. The summed E-state index contributed by atoms with van der Waals surface area (Å²) in [5.41, 5.74) is 0.00838. The maximum absolute atomic E-state index is 13.6. The van der Waals surface area contributed by atoms with Gasteiger partial charge in [-0.2, -0.15) is 5.26 Å². The number of nitrogens with zero attached hydrogens (tertiary/aromatic N) is 2. The molecule has 0 spiro atoms. The van der Waals surface area contributed by atoms with Crippen molar-refractivity contribution in [2.75, 3.05) is 6.54 Å². The number of aliphatic hydroxyl groups is 1. The summed E-state index contributed by atoms with van der Waals surface area (Å²) in [5, 5.41) is 18.8. The van der Waals surface area contributed by atoms with Crippen molar-refractivity contribution >= 4 is 6.09 Å². The van der Waals surface area contributed by atoms with Gasteiger partial charge in [-0.15, -0.1) is 0 Å². The van der Waals surface area contributed by atoms with Crippen LogP contribution >= 0.6 is 0 Å². The summed E-state index contributed by atoms with van der Waals surface area (Å²) in [7, 11) is 0. The molecule has 2 rings (SSSR count). The van der Waals surface area contributed by atoms with E-state index >= 15 is 0 Å². The lowest BCUT2D eigenvalue weighted by molar-refractivity contribution is 0.0206. The van der Waals surface area contributed by atoms with Gasteiger partial charge in [0.2, 0.25) is 0 Å². The maximum atomic E-state index is 13.6. The average molecular weight is 306 g/mol. The molecular weight excluding hydrogens is 287 g/mol. The van der Waals surface area contributed by atoms with E-state index in [1.54, 1.807) is 20.8 Å². The van der Waals surface area contributed by atoms with Crippen molar-refractivity contribution in [2.24, 2.45) is 0 Å². The van der Waals surface area contributed by atoms with E-state index in [-0.39, 0.29) is 18.5 Å².